The lowest BCUT2D eigenvalue weighted by Gasteiger charge is -2.21. The van der Waals surface area contributed by atoms with Crippen molar-refractivity contribution in [3.63, 3.8) is 0 Å². The Morgan fingerprint density at radius 1 is 1.21 bits per heavy atom. The Morgan fingerprint density at radius 2 is 1.79 bits per heavy atom. The van der Waals surface area contributed by atoms with Crippen LogP contribution in [0.4, 0.5) is 0 Å². The first-order valence-corrected chi connectivity index (χ1v) is 5.52. The van der Waals surface area contributed by atoms with Crippen LogP contribution in [0, 0.1) is 0 Å². The molecule has 1 aliphatic rings. The van der Waals surface area contributed by atoms with E-state index in [1.807, 2.05) is 0 Å². The van der Waals surface area contributed by atoms with E-state index in [1.165, 1.54) is 6.92 Å². The van der Waals surface area contributed by atoms with Gasteiger partial charge in [0.05, 0.1) is 25.1 Å². The van der Waals surface area contributed by atoms with Crippen LogP contribution in [0.3, 0.4) is 0 Å². The highest BCUT2D eigenvalue weighted by Crippen LogP contribution is 2.40. The molecular formula is C10H16N2O7. The first-order valence-electron chi connectivity index (χ1n) is 5.52. The first kappa shape index (κ1) is 15.3. The average molecular weight is 276 g/mol. The van der Waals surface area contributed by atoms with Gasteiger partial charge in [-0.15, -0.1) is 0 Å². The molecule has 0 aromatic heterocycles. The van der Waals surface area contributed by atoms with Gasteiger partial charge in [-0.3, -0.25) is 25.0 Å². The Bertz CT molecular complexity index is 413. The molecule has 1 saturated heterocycles. The first-order chi connectivity index (χ1) is 8.67. The summed E-state index contributed by atoms with van der Waals surface area (Å²) >= 11 is 0. The highest BCUT2D eigenvalue weighted by atomic mass is 16.4. The quantitative estimate of drug-likeness (QED) is 0.275. The van der Waals surface area contributed by atoms with Gasteiger partial charge in [0, 0.05) is 6.04 Å². The number of aliphatic hydroxyl groups is 1. The number of aliphatic hydroxyl groups excluding tert-OH is 1. The normalized spacial score (nSPS) is 30.6. The Balaban J connectivity index is 2.80. The molecule has 0 aromatic rings. The summed E-state index contributed by atoms with van der Waals surface area (Å²) in [5.41, 5.74) is -2.98. The summed E-state index contributed by atoms with van der Waals surface area (Å²) in [4.78, 5) is 32.5. The number of hydrogen-bond donors (Lipinski definition) is 6. The van der Waals surface area contributed by atoms with Crippen molar-refractivity contribution in [2.45, 2.75) is 37.0 Å². The lowest BCUT2D eigenvalue weighted by molar-refractivity contribution is -0.147. The van der Waals surface area contributed by atoms with Crippen LogP contribution in [-0.2, 0) is 14.4 Å². The van der Waals surface area contributed by atoms with Crippen LogP contribution in [0.1, 0.15) is 19.8 Å². The predicted molar refractivity (Wildman–Crippen MR) is 60.4 cm³/mol. The molecule has 3 unspecified atom stereocenters. The molecule has 0 radical (unpaired) electrons. The van der Waals surface area contributed by atoms with Gasteiger partial charge in [-0.05, 0) is 6.92 Å². The fraction of sp³-hybridized carbons (Fsp3) is 0.700. The largest absolute Gasteiger partial charge is 0.481 e. The molecule has 19 heavy (non-hydrogen) atoms. The van der Waals surface area contributed by atoms with E-state index < -0.39 is 54.6 Å². The average Bonchev–Trinajstić information content (AvgIpc) is 2.82. The zero-order valence-electron chi connectivity index (χ0n) is 10.2. The third kappa shape index (κ3) is 3.00. The summed E-state index contributed by atoms with van der Waals surface area (Å²) in [5.74, 6) is -3.80. The van der Waals surface area contributed by atoms with Gasteiger partial charge in [0.2, 0.25) is 0 Å². The summed E-state index contributed by atoms with van der Waals surface area (Å²) < 4.78 is 0. The second kappa shape index (κ2) is 5.11. The molecule has 1 heterocycles. The third-order valence-electron chi connectivity index (χ3n) is 3.17. The van der Waals surface area contributed by atoms with Crippen molar-refractivity contribution < 1.29 is 34.8 Å². The molecule has 1 rings (SSSR count). The topological polar surface area (TPSA) is 166 Å². The molecule has 0 spiro atoms. The van der Waals surface area contributed by atoms with Crippen molar-refractivity contribution in [3.05, 3.63) is 0 Å². The number of aliphatic carboxylic acids is 3. The molecule has 0 aromatic carbocycles. The van der Waals surface area contributed by atoms with E-state index in [2.05, 4.69) is 10.6 Å². The molecule has 108 valence electrons. The highest BCUT2D eigenvalue weighted by molar-refractivity contribution is 5.91. The van der Waals surface area contributed by atoms with Crippen LogP contribution >= 0.6 is 0 Å². The Hall–Kier alpha value is -1.71. The number of nitrogens with one attached hydrogen (secondary N) is 2. The standard InChI is InChI=1S/C10H16N2O7/c1-9(11-5(4-13)2-6(14)15)10(12-9,8(18)19)3-7(16)17/h5,11-13H,2-4H2,1H3,(H,14,15)(H,16,17)(H,18,19). The molecular weight excluding hydrogens is 260 g/mol. The van der Waals surface area contributed by atoms with Gasteiger partial charge in [-0.2, -0.15) is 0 Å². The second-order valence-corrected chi connectivity index (χ2v) is 4.65. The number of carboxylic acids is 3. The van der Waals surface area contributed by atoms with E-state index in [0.717, 1.165) is 0 Å². The molecule has 3 atom stereocenters. The highest BCUT2D eigenvalue weighted by Gasteiger charge is 2.71. The zero-order chi connectivity index (χ0) is 14.8. The summed E-state index contributed by atoms with van der Waals surface area (Å²) in [5, 5.41) is 40.7. The molecule has 1 aliphatic heterocycles. The van der Waals surface area contributed by atoms with E-state index in [-0.39, 0.29) is 0 Å². The smallest absolute Gasteiger partial charge is 0.327 e. The summed E-state index contributed by atoms with van der Waals surface area (Å²) in [6, 6.07) is -0.870. The van der Waals surface area contributed by atoms with E-state index >= 15 is 0 Å². The molecule has 0 bridgehead atoms. The van der Waals surface area contributed by atoms with Gasteiger partial charge >= 0.3 is 17.9 Å². The van der Waals surface area contributed by atoms with Crippen LogP contribution in [0.15, 0.2) is 0 Å². The van der Waals surface area contributed by atoms with E-state index in [0.29, 0.717) is 0 Å². The fourth-order valence-corrected chi connectivity index (χ4v) is 2.13. The van der Waals surface area contributed by atoms with E-state index in [4.69, 9.17) is 20.4 Å². The number of hydrogen-bond acceptors (Lipinski definition) is 6. The lowest BCUT2D eigenvalue weighted by atomic mass is 9.96. The summed E-state index contributed by atoms with van der Waals surface area (Å²) in [6.07, 6.45) is -1.06. The SMILES string of the molecule is CC1(NC(CO)CC(=O)O)NC1(CC(=O)O)C(=O)O. The monoisotopic (exact) mass is 276 g/mol. The molecule has 6 N–H and O–H groups in total. The number of carboxylic acid groups (broad SMARTS) is 3. The van der Waals surface area contributed by atoms with E-state index in [1.54, 1.807) is 0 Å². The van der Waals surface area contributed by atoms with Crippen molar-refractivity contribution in [2.24, 2.45) is 0 Å². The maximum absolute atomic E-state index is 11.2. The van der Waals surface area contributed by atoms with Crippen molar-refractivity contribution in [2.75, 3.05) is 6.61 Å². The molecule has 9 nitrogen and oxygen atoms in total. The van der Waals surface area contributed by atoms with Gasteiger partial charge in [0.25, 0.3) is 0 Å². The van der Waals surface area contributed by atoms with Gasteiger partial charge < -0.3 is 20.4 Å². The van der Waals surface area contributed by atoms with Gasteiger partial charge in [0.1, 0.15) is 0 Å². The van der Waals surface area contributed by atoms with Crippen molar-refractivity contribution in [1.29, 1.82) is 0 Å². The van der Waals surface area contributed by atoms with Crippen LogP contribution in [0.25, 0.3) is 0 Å². The molecule has 9 heteroatoms. The van der Waals surface area contributed by atoms with Gasteiger partial charge in [0.15, 0.2) is 5.54 Å². The minimum atomic E-state index is -1.70. The number of rotatable bonds is 8. The molecule has 0 saturated carbocycles. The number of carbonyl (C=O) groups is 3. The maximum Gasteiger partial charge on any atom is 0.327 e. The van der Waals surface area contributed by atoms with Crippen LogP contribution in [-0.4, -0.2) is 62.2 Å². The Morgan fingerprint density at radius 3 is 2.16 bits per heavy atom. The van der Waals surface area contributed by atoms with Crippen LogP contribution in [0.2, 0.25) is 0 Å². The summed E-state index contributed by atoms with van der Waals surface area (Å²) in [6.45, 7) is 0.904. The molecule has 0 aliphatic carbocycles. The Labute approximate surface area is 108 Å². The third-order valence-corrected chi connectivity index (χ3v) is 3.17. The zero-order valence-corrected chi connectivity index (χ0v) is 10.2. The lowest BCUT2D eigenvalue weighted by Crippen LogP contribution is -2.49. The maximum atomic E-state index is 11.2. The molecule has 0 amide bonds. The van der Waals surface area contributed by atoms with Gasteiger partial charge in [-0.1, -0.05) is 0 Å². The predicted octanol–water partition coefficient (Wildman–Crippen LogP) is -1.97. The second-order valence-electron chi connectivity index (χ2n) is 4.65. The van der Waals surface area contributed by atoms with Gasteiger partial charge in [-0.25, -0.2) is 0 Å². The fourth-order valence-electron chi connectivity index (χ4n) is 2.13. The Kier molecular flexibility index (Phi) is 4.13. The minimum Gasteiger partial charge on any atom is -0.481 e. The van der Waals surface area contributed by atoms with Crippen molar-refractivity contribution >= 4 is 17.9 Å². The van der Waals surface area contributed by atoms with E-state index in [9.17, 15) is 14.4 Å². The molecule has 1 fully saturated rings. The van der Waals surface area contributed by atoms with Crippen molar-refractivity contribution in [3.8, 4) is 0 Å². The van der Waals surface area contributed by atoms with Crippen LogP contribution < -0.4 is 10.6 Å². The van der Waals surface area contributed by atoms with Crippen LogP contribution in [0.5, 0.6) is 0 Å². The van der Waals surface area contributed by atoms with Crippen molar-refractivity contribution in [1.82, 2.24) is 10.6 Å². The summed E-state index contributed by atoms with van der Waals surface area (Å²) in [7, 11) is 0. The minimum absolute atomic E-state index is 0.406.